The van der Waals surface area contributed by atoms with Gasteiger partial charge in [0.25, 0.3) is 0 Å². The zero-order chi connectivity index (χ0) is 21.0. The fraction of sp³-hybridized carbons (Fsp3) is 0.333. The van der Waals surface area contributed by atoms with Crippen molar-refractivity contribution in [2.75, 3.05) is 12.0 Å². The van der Waals surface area contributed by atoms with Crippen LogP contribution in [-0.2, 0) is 28.4 Å². The van der Waals surface area contributed by atoms with Crippen molar-refractivity contribution in [1.29, 1.82) is 0 Å². The maximum absolute atomic E-state index is 12.9. The third-order valence-corrected chi connectivity index (χ3v) is 7.31. The van der Waals surface area contributed by atoms with E-state index in [2.05, 4.69) is 10.0 Å². The summed E-state index contributed by atoms with van der Waals surface area (Å²) in [6.45, 7) is 0.342. The molecule has 0 spiro atoms. The number of nitrogens with one attached hydrogen (secondary N) is 2. The van der Waals surface area contributed by atoms with E-state index in [0.717, 1.165) is 4.88 Å². The highest BCUT2D eigenvalue weighted by molar-refractivity contribution is 7.98. The average Bonchev–Trinajstić information content (AvgIpc) is 3.31. The number of aryl methyl sites for hydroxylation is 1. The van der Waals surface area contributed by atoms with Gasteiger partial charge in [-0.05, 0) is 42.0 Å². The lowest BCUT2D eigenvalue weighted by atomic mass is 10.2. The van der Waals surface area contributed by atoms with Crippen molar-refractivity contribution in [2.45, 2.75) is 23.9 Å². The van der Waals surface area contributed by atoms with Crippen LogP contribution >= 0.6 is 23.1 Å². The summed E-state index contributed by atoms with van der Waals surface area (Å²) in [4.78, 5) is 25.1. The van der Waals surface area contributed by atoms with Crippen LogP contribution in [0.4, 0.5) is 0 Å². The number of carbonyl (C=O) groups excluding carboxylic acids is 1. The molecule has 2 N–H and O–H groups in total. The highest BCUT2D eigenvalue weighted by atomic mass is 32.2. The van der Waals surface area contributed by atoms with Crippen molar-refractivity contribution in [2.24, 2.45) is 7.05 Å². The molecule has 2 aromatic heterocycles. The van der Waals surface area contributed by atoms with E-state index in [1.807, 2.05) is 23.8 Å². The van der Waals surface area contributed by atoms with Gasteiger partial charge >= 0.3 is 5.76 Å². The second-order valence-electron chi connectivity index (χ2n) is 6.31. The molecule has 0 saturated carbocycles. The molecule has 1 aromatic carbocycles. The molecule has 1 atom stereocenters. The lowest BCUT2D eigenvalue weighted by molar-refractivity contribution is -0.122. The Hall–Kier alpha value is -2.08. The first kappa shape index (κ1) is 21.6. The van der Waals surface area contributed by atoms with Crippen LogP contribution in [-0.4, -0.2) is 36.9 Å². The van der Waals surface area contributed by atoms with E-state index in [4.69, 9.17) is 4.42 Å². The van der Waals surface area contributed by atoms with Crippen LogP contribution in [0.5, 0.6) is 0 Å². The highest BCUT2D eigenvalue weighted by Gasteiger charge is 2.26. The number of rotatable bonds is 9. The summed E-state index contributed by atoms with van der Waals surface area (Å²) >= 11 is 3.04. The molecule has 3 rings (SSSR count). The van der Waals surface area contributed by atoms with E-state index in [1.54, 1.807) is 0 Å². The largest absolute Gasteiger partial charge is 0.419 e. The van der Waals surface area contributed by atoms with Crippen LogP contribution in [0, 0.1) is 0 Å². The van der Waals surface area contributed by atoms with Crippen LogP contribution in [0.1, 0.15) is 11.3 Å². The van der Waals surface area contributed by atoms with Crippen LogP contribution < -0.4 is 15.8 Å². The second kappa shape index (κ2) is 9.16. The average molecular weight is 456 g/mol. The molecule has 0 fully saturated rings. The molecule has 0 radical (unpaired) electrons. The van der Waals surface area contributed by atoms with Crippen molar-refractivity contribution in [3.05, 3.63) is 51.1 Å². The molecule has 11 heteroatoms. The summed E-state index contributed by atoms with van der Waals surface area (Å²) in [5.41, 5.74) is 0.657. The van der Waals surface area contributed by atoms with Crippen molar-refractivity contribution >= 4 is 50.1 Å². The van der Waals surface area contributed by atoms with Gasteiger partial charge in [0, 0.05) is 18.0 Å². The van der Waals surface area contributed by atoms with Gasteiger partial charge in [0.2, 0.25) is 15.9 Å². The number of fused-ring (bicyclic) bond motifs is 1. The summed E-state index contributed by atoms with van der Waals surface area (Å²) in [5, 5.41) is 4.69. The number of thiophene rings is 1. The SMILES string of the molecule is CSCCC(NS(=O)(=O)c1ccc2c(c1)oc(=O)n2C)C(=O)NCc1cccs1. The number of sulfonamides is 1. The zero-order valence-corrected chi connectivity index (χ0v) is 18.3. The quantitative estimate of drug-likeness (QED) is 0.510. The first-order valence-electron chi connectivity index (χ1n) is 8.73. The monoisotopic (exact) mass is 455 g/mol. The standard InChI is InChI=1S/C18H21N3O5S3/c1-21-15-6-5-13(10-16(15)26-18(21)23)29(24,25)20-14(7-9-27-2)17(22)19-11-12-4-3-8-28-12/h3-6,8,10,14,20H,7,9,11H2,1-2H3,(H,19,22). The Kier molecular flexibility index (Phi) is 6.83. The molecule has 0 saturated heterocycles. The molecule has 2 heterocycles. The third kappa shape index (κ3) is 5.10. The van der Waals surface area contributed by atoms with E-state index >= 15 is 0 Å². The van der Waals surface area contributed by atoms with Crippen LogP contribution in [0.25, 0.3) is 11.1 Å². The first-order valence-corrected chi connectivity index (χ1v) is 12.5. The number of benzene rings is 1. The molecule has 1 amide bonds. The third-order valence-electron chi connectivity index (χ3n) is 4.32. The Balaban J connectivity index is 1.79. The highest BCUT2D eigenvalue weighted by Crippen LogP contribution is 2.19. The number of oxazole rings is 1. The lowest BCUT2D eigenvalue weighted by Gasteiger charge is -2.18. The Morgan fingerprint density at radius 2 is 2.14 bits per heavy atom. The van der Waals surface area contributed by atoms with Crippen molar-refractivity contribution in [3.8, 4) is 0 Å². The van der Waals surface area contributed by atoms with Gasteiger partial charge in [0.05, 0.1) is 17.0 Å². The van der Waals surface area contributed by atoms with Crippen LogP contribution in [0.2, 0.25) is 0 Å². The van der Waals surface area contributed by atoms with E-state index in [0.29, 0.717) is 24.2 Å². The predicted octanol–water partition coefficient (Wildman–Crippen LogP) is 1.91. The van der Waals surface area contributed by atoms with Gasteiger partial charge in [-0.2, -0.15) is 16.5 Å². The number of carbonyl (C=O) groups is 1. The fourth-order valence-corrected chi connectivity index (χ4v) is 5.09. The lowest BCUT2D eigenvalue weighted by Crippen LogP contribution is -2.46. The van der Waals surface area contributed by atoms with Crippen molar-refractivity contribution in [1.82, 2.24) is 14.6 Å². The molecule has 0 aliphatic heterocycles. The van der Waals surface area contributed by atoms with Gasteiger partial charge in [0.15, 0.2) is 5.58 Å². The fourth-order valence-electron chi connectivity index (χ4n) is 2.73. The minimum Gasteiger partial charge on any atom is -0.408 e. The summed E-state index contributed by atoms with van der Waals surface area (Å²) in [5.74, 6) is -0.344. The molecule has 156 valence electrons. The van der Waals surface area contributed by atoms with Crippen molar-refractivity contribution < 1.29 is 17.6 Å². The van der Waals surface area contributed by atoms with E-state index in [-0.39, 0.29) is 16.4 Å². The number of nitrogens with zero attached hydrogens (tertiary/aromatic N) is 1. The number of hydrogen-bond acceptors (Lipinski definition) is 7. The van der Waals surface area contributed by atoms with E-state index in [1.165, 1.54) is 52.9 Å². The molecule has 8 nitrogen and oxygen atoms in total. The van der Waals surface area contributed by atoms with Gasteiger partial charge in [-0.15, -0.1) is 11.3 Å². The number of hydrogen-bond donors (Lipinski definition) is 2. The molecule has 29 heavy (non-hydrogen) atoms. The summed E-state index contributed by atoms with van der Waals surface area (Å²) in [6.07, 6.45) is 2.24. The molecule has 0 aliphatic rings. The van der Waals surface area contributed by atoms with Crippen LogP contribution in [0.15, 0.2) is 49.8 Å². The Morgan fingerprint density at radius 3 is 2.83 bits per heavy atom. The minimum atomic E-state index is -3.99. The predicted molar refractivity (Wildman–Crippen MR) is 115 cm³/mol. The normalized spacial score (nSPS) is 12.9. The number of amides is 1. The summed E-state index contributed by atoms with van der Waals surface area (Å²) in [6, 6.07) is 7.05. The van der Waals surface area contributed by atoms with Crippen molar-refractivity contribution in [3.63, 3.8) is 0 Å². The van der Waals surface area contributed by atoms with Gasteiger partial charge < -0.3 is 9.73 Å². The Bertz CT molecular complexity index is 1150. The molecule has 1 unspecified atom stereocenters. The molecular weight excluding hydrogens is 434 g/mol. The van der Waals surface area contributed by atoms with E-state index < -0.39 is 21.8 Å². The Labute approximate surface area is 176 Å². The molecule has 0 aliphatic carbocycles. The molecule has 0 bridgehead atoms. The van der Waals surface area contributed by atoms with Gasteiger partial charge in [-0.1, -0.05) is 6.07 Å². The van der Waals surface area contributed by atoms with Gasteiger partial charge in [-0.3, -0.25) is 9.36 Å². The van der Waals surface area contributed by atoms with Gasteiger partial charge in [-0.25, -0.2) is 13.2 Å². The summed E-state index contributed by atoms with van der Waals surface area (Å²) < 4.78 is 34.6. The Morgan fingerprint density at radius 1 is 1.34 bits per heavy atom. The first-order chi connectivity index (χ1) is 13.8. The zero-order valence-electron chi connectivity index (χ0n) is 15.9. The topological polar surface area (TPSA) is 110 Å². The number of thioether (sulfide) groups is 1. The van der Waals surface area contributed by atoms with E-state index in [9.17, 15) is 18.0 Å². The smallest absolute Gasteiger partial charge is 0.408 e. The maximum atomic E-state index is 12.9. The molecular formula is C18H21N3O5S3. The van der Waals surface area contributed by atoms with Crippen LogP contribution in [0.3, 0.4) is 0 Å². The summed E-state index contributed by atoms with van der Waals surface area (Å²) in [7, 11) is -2.45. The minimum absolute atomic E-state index is 0.0699. The maximum Gasteiger partial charge on any atom is 0.419 e. The second-order valence-corrected chi connectivity index (χ2v) is 10.0. The number of aromatic nitrogens is 1. The molecule has 3 aromatic rings. The van der Waals surface area contributed by atoms with Gasteiger partial charge in [0.1, 0.15) is 6.04 Å².